The Kier molecular flexibility index (Phi) is 4.71. The monoisotopic (exact) mass is 362 g/mol. The van der Waals surface area contributed by atoms with Gasteiger partial charge in [0.15, 0.2) is 0 Å². The average Bonchev–Trinajstić information content (AvgIpc) is 2.62. The van der Waals surface area contributed by atoms with Crippen LogP contribution in [-0.2, 0) is 10.0 Å². The Morgan fingerprint density at radius 3 is 2.33 bits per heavy atom. The van der Waals surface area contributed by atoms with Crippen LogP contribution in [0, 0.1) is 11.3 Å². The molecule has 0 unspecified atom stereocenters. The lowest BCUT2D eigenvalue weighted by molar-refractivity contribution is 0.385. The van der Waals surface area contributed by atoms with Gasteiger partial charge in [0.1, 0.15) is 5.15 Å². The maximum absolute atomic E-state index is 12.7. The van der Waals surface area contributed by atoms with Crippen LogP contribution in [-0.4, -0.2) is 43.9 Å². The molecule has 8 heteroatoms. The zero-order chi connectivity index (χ0) is 17.2. The third-order valence-corrected chi connectivity index (χ3v) is 6.05. The Hall–Kier alpha value is -2.14. The van der Waals surface area contributed by atoms with Gasteiger partial charge in [-0.2, -0.15) is 9.57 Å². The summed E-state index contributed by atoms with van der Waals surface area (Å²) in [7, 11) is -3.54. The number of hydrogen-bond acceptors (Lipinski definition) is 5. The van der Waals surface area contributed by atoms with Crippen LogP contribution in [0.15, 0.2) is 47.5 Å². The largest absolute Gasteiger partial charge is 0.369 e. The van der Waals surface area contributed by atoms with Gasteiger partial charge in [0, 0.05) is 38.1 Å². The molecule has 0 amide bonds. The predicted molar refractivity (Wildman–Crippen MR) is 91.4 cm³/mol. The summed E-state index contributed by atoms with van der Waals surface area (Å²) in [6.45, 7) is 1.94. The van der Waals surface area contributed by atoms with Crippen LogP contribution in [0.4, 0.5) is 5.69 Å². The molecular weight excluding hydrogens is 348 g/mol. The molecule has 1 saturated heterocycles. The second-order valence-electron chi connectivity index (χ2n) is 5.36. The summed E-state index contributed by atoms with van der Waals surface area (Å²) in [6, 6.07) is 11.6. The van der Waals surface area contributed by atoms with Gasteiger partial charge in [0.25, 0.3) is 0 Å². The second-order valence-corrected chi connectivity index (χ2v) is 7.69. The molecule has 0 saturated carbocycles. The normalized spacial score (nSPS) is 15.9. The number of halogens is 1. The van der Waals surface area contributed by atoms with E-state index in [1.165, 1.54) is 28.6 Å². The molecule has 0 N–H and O–H groups in total. The molecule has 0 radical (unpaired) electrons. The third-order valence-electron chi connectivity index (χ3n) is 3.94. The summed E-state index contributed by atoms with van der Waals surface area (Å²) in [4.78, 5) is 6.24. The lowest BCUT2D eigenvalue weighted by Gasteiger charge is -2.35. The summed E-state index contributed by atoms with van der Waals surface area (Å²) in [5, 5.41) is 9.22. The number of nitrogens with zero attached hydrogens (tertiary/aromatic N) is 4. The molecule has 1 aromatic heterocycles. The summed E-state index contributed by atoms with van der Waals surface area (Å²) in [5.41, 5.74) is 1.37. The fourth-order valence-electron chi connectivity index (χ4n) is 2.63. The molecule has 3 rings (SSSR count). The molecule has 0 aliphatic carbocycles. The zero-order valence-electron chi connectivity index (χ0n) is 12.8. The van der Waals surface area contributed by atoms with Crippen molar-refractivity contribution >= 4 is 27.3 Å². The number of piperazine rings is 1. The van der Waals surface area contributed by atoms with Crippen LogP contribution >= 0.6 is 11.6 Å². The Morgan fingerprint density at radius 2 is 1.75 bits per heavy atom. The van der Waals surface area contributed by atoms with Gasteiger partial charge in [-0.25, -0.2) is 13.4 Å². The van der Waals surface area contributed by atoms with Gasteiger partial charge in [0.2, 0.25) is 10.0 Å². The average molecular weight is 363 g/mol. The topological polar surface area (TPSA) is 77.3 Å². The van der Waals surface area contributed by atoms with E-state index < -0.39 is 10.0 Å². The highest BCUT2D eigenvalue weighted by Gasteiger charge is 2.28. The fourth-order valence-corrected chi connectivity index (χ4v) is 4.22. The lowest BCUT2D eigenvalue weighted by Crippen LogP contribution is -2.48. The van der Waals surface area contributed by atoms with Crippen LogP contribution in [0.1, 0.15) is 5.56 Å². The second kappa shape index (κ2) is 6.77. The van der Waals surface area contributed by atoms with Crippen LogP contribution in [0.3, 0.4) is 0 Å². The van der Waals surface area contributed by atoms with E-state index in [0.717, 1.165) is 5.69 Å². The Balaban J connectivity index is 1.72. The van der Waals surface area contributed by atoms with Crippen LogP contribution < -0.4 is 4.90 Å². The van der Waals surface area contributed by atoms with Crippen LogP contribution in [0.2, 0.25) is 5.15 Å². The minimum atomic E-state index is -3.54. The van der Waals surface area contributed by atoms with Gasteiger partial charge in [0.05, 0.1) is 16.5 Å². The van der Waals surface area contributed by atoms with Crippen molar-refractivity contribution in [2.75, 3.05) is 31.1 Å². The van der Waals surface area contributed by atoms with E-state index >= 15 is 0 Å². The molecule has 0 bridgehead atoms. The lowest BCUT2D eigenvalue weighted by atomic mass is 10.2. The first kappa shape index (κ1) is 16.7. The Morgan fingerprint density at radius 1 is 1.08 bits per heavy atom. The van der Waals surface area contributed by atoms with Gasteiger partial charge in [-0.3, -0.25) is 0 Å². The number of aromatic nitrogens is 1. The maximum Gasteiger partial charge on any atom is 0.243 e. The predicted octanol–water partition coefficient (Wildman–Crippen LogP) is 2.12. The maximum atomic E-state index is 12.7. The van der Waals surface area contributed by atoms with Crippen molar-refractivity contribution in [2.45, 2.75) is 4.90 Å². The first-order valence-electron chi connectivity index (χ1n) is 7.37. The number of pyridine rings is 1. The minimum absolute atomic E-state index is 0.210. The molecule has 1 aliphatic rings. The molecule has 0 atom stereocenters. The first-order valence-corrected chi connectivity index (χ1v) is 9.19. The van der Waals surface area contributed by atoms with E-state index in [9.17, 15) is 8.42 Å². The van der Waals surface area contributed by atoms with Gasteiger partial charge < -0.3 is 4.90 Å². The minimum Gasteiger partial charge on any atom is -0.369 e. The summed E-state index contributed by atoms with van der Waals surface area (Å²) < 4.78 is 26.8. The molecular formula is C16H15ClN4O2S. The molecule has 24 heavy (non-hydrogen) atoms. The van der Waals surface area contributed by atoms with E-state index in [4.69, 9.17) is 16.9 Å². The SMILES string of the molecule is N#Cc1ccc(S(=O)(=O)N2CCN(c3ccnc(Cl)c3)CC2)cc1. The van der Waals surface area contributed by atoms with Gasteiger partial charge in [-0.1, -0.05) is 11.6 Å². The quantitative estimate of drug-likeness (QED) is 0.781. The smallest absolute Gasteiger partial charge is 0.243 e. The number of sulfonamides is 1. The van der Waals surface area contributed by atoms with Crippen molar-refractivity contribution in [2.24, 2.45) is 0 Å². The van der Waals surface area contributed by atoms with Crippen molar-refractivity contribution in [3.63, 3.8) is 0 Å². The highest BCUT2D eigenvalue weighted by Crippen LogP contribution is 2.22. The number of anilines is 1. The van der Waals surface area contributed by atoms with Crippen molar-refractivity contribution in [3.8, 4) is 6.07 Å². The Labute approximate surface area is 146 Å². The van der Waals surface area contributed by atoms with E-state index in [-0.39, 0.29) is 4.90 Å². The number of hydrogen-bond donors (Lipinski definition) is 0. The van der Waals surface area contributed by atoms with Crippen molar-refractivity contribution in [1.82, 2.24) is 9.29 Å². The molecule has 1 aliphatic heterocycles. The number of nitriles is 1. The van der Waals surface area contributed by atoms with Crippen molar-refractivity contribution < 1.29 is 8.42 Å². The highest BCUT2D eigenvalue weighted by atomic mass is 35.5. The standard InChI is InChI=1S/C16H15ClN4O2S/c17-16-11-14(5-6-19-16)20-7-9-21(10-8-20)24(22,23)15-3-1-13(12-18)2-4-15/h1-6,11H,7-10H2. The highest BCUT2D eigenvalue weighted by molar-refractivity contribution is 7.89. The summed E-state index contributed by atoms with van der Waals surface area (Å²) in [6.07, 6.45) is 1.64. The number of benzene rings is 1. The fraction of sp³-hybridized carbons (Fsp3) is 0.250. The molecule has 0 spiro atoms. The van der Waals surface area contributed by atoms with Crippen molar-refractivity contribution in [3.05, 3.63) is 53.3 Å². The van der Waals surface area contributed by atoms with Crippen LogP contribution in [0.5, 0.6) is 0 Å². The van der Waals surface area contributed by atoms with Crippen LogP contribution in [0.25, 0.3) is 0 Å². The van der Waals surface area contributed by atoms with Gasteiger partial charge >= 0.3 is 0 Å². The molecule has 1 aromatic carbocycles. The molecule has 124 valence electrons. The van der Waals surface area contributed by atoms with Crippen molar-refractivity contribution in [1.29, 1.82) is 5.26 Å². The Bertz CT molecular complexity index is 870. The molecule has 6 nitrogen and oxygen atoms in total. The van der Waals surface area contributed by atoms with Gasteiger partial charge in [-0.15, -0.1) is 0 Å². The van der Waals surface area contributed by atoms with E-state index in [1.54, 1.807) is 12.3 Å². The molecule has 1 fully saturated rings. The van der Waals surface area contributed by atoms with E-state index in [0.29, 0.717) is 36.9 Å². The summed E-state index contributed by atoms with van der Waals surface area (Å²) in [5.74, 6) is 0. The van der Waals surface area contributed by atoms with E-state index in [2.05, 4.69) is 9.88 Å². The zero-order valence-corrected chi connectivity index (χ0v) is 14.3. The van der Waals surface area contributed by atoms with E-state index in [1.807, 2.05) is 12.1 Å². The number of rotatable bonds is 3. The third kappa shape index (κ3) is 3.36. The summed E-state index contributed by atoms with van der Waals surface area (Å²) >= 11 is 5.90. The molecule has 2 heterocycles. The first-order chi connectivity index (χ1) is 11.5. The van der Waals surface area contributed by atoms with Gasteiger partial charge in [-0.05, 0) is 36.4 Å². The molecule has 2 aromatic rings.